The highest BCUT2D eigenvalue weighted by Crippen LogP contribution is 2.35. The number of hydrogen-bond acceptors (Lipinski definition) is 4. The summed E-state index contributed by atoms with van der Waals surface area (Å²) in [6.45, 7) is 1.78. The fourth-order valence-electron chi connectivity index (χ4n) is 1.92. The van der Waals surface area contributed by atoms with Gasteiger partial charge < -0.3 is 9.47 Å². The van der Waals surface area contributed by atoms with E-state index in [1.807, 2.05) is 0 Å². The van der Waals surface area contributed by atoms with E-state index in [1.54, 1.807) is 31.2 Å². The third-order valence-corrected chi connectivity index (χ3v) is 3.80. The number of esters is 1. The molecule has 0 atom stereocenters. The van der Waals surface area contributed by atoms with Crippen LogP contribution >= 0.6 is 34.8 Å². The van der Waals surface area contributed by atoms with Crippen LogP contribution in [0.25, 0.3) is 16.5 Å². The summed E-state index contributed by atoms with van der Waals surface area (Å²) < 4.78 is 10.7. The number of nitrogens with zero attached hydrogens (tertiary/aromatic N) is 3. The van der Waals surface area contributed by atoms with E-state index in [-0.39, 0.29) is 18.1 Å². The maximum atomic E-state index is 11.9. The maximum Gasteiger partial charge on any atom is 0.340 e. The van der Waals surface area contributed by atoms with E-state index >= 15 is 0 Å². The van der Waals surface area contributed by atoms with Crippen LogP contribution in [0.15, 0.2) is 47.2 Å². The molecule has 0 saturated heterocycles. The predicted octanol–water partition coefficient (Wildman–Crippen LogP) is 6.65. The van der Waals surface area contributed by atoms with E-state index in [0.29, 0.717) is 26.4 Å². The van der Waals surface area contributed by atoms with Crippen molar-refractivity contribution in [1.29, 1.82) is 0 Å². The van der Waals surface area contributed by atoms with Crippen molar-refractivity contribution in [3.63, 3.8) is 0 Å². The highest BCUT2D eigenvalue weighted by molar-refractivity contribution is 6.34. The average Bonchev–Trinajstić information content (AvgIpc) is 2.60. The molecular formula is C17H12Cl3N3O3. The number of azide groups is 1. The molecule has 0 N–H and O–H groups in total. The Labute approximate surface area is 164 Å². The molecule has 0 heterocycles. The van der Waals surface area contributed by atoms with Crippen molar-refractivity contribution in [3.05, 3.63) is 73.2 Å². The number of ether oxygens (including phenoxy) is 2. The van der Waals surface area contributed by atoms with Crippen molar-refractivity contribution in [2.75, 3.05) is 6.61 Å². The van der Waals surface area contributed by atoms with Crippen LogP contribution in [0.1, 0.15) is 12.5 Å². The molecule has 9 heteroatoms. The first-order valence-electron chi connectivity index (χ1n) is 7.31. The second-order valence-electron chi connectivity index (χ2n) is 4.80. The molecule has 0 aliphatic rings. The number of rotatable bonds is 6. The Morgan fingerprint density at radius 2 is 1.81 bits per heavy atom. The smallest absolute Gasteiger partial charge is 0.340 e. The lowest BCUT2D eigenvalue weighted by molar-refractivity contribution is -0.138. The van der Waals surface area contributed by atoms with Crippen molar-refractivity contribution in [2.24, 2.45) is 5.11 Å². The average molecular weight is 413 g/mol. The number of benzene rings is 2. The van der Waals surface area contributed by atoms with E-state index in [4.69, 9.17) is 49.8 Å². The highest BCUT2D eigenvalue weighted by Gasteiger charge is 2.13. The van der Waals surface area contributed by atoms with Gasteiger partial charge in [-0.15, -0.1) is 0 Å². The molecular weight excluding hydrogens is 401 g/mol. The van der Waals surface area contributed by atoms with Gasteiger partial charge in [0.1, 0.15) is 17.2 Å². The van der Waals surface area contributed by atoms with Crippen molar-refractivity contribution < 1.29 is 14.3 Å². The summed E-state index contributed by atoms with van der Waals surface area (Å²) in [5.74, 6) is -0.166. The zero-order valence-corrected chi connectivity index (χ0v) is 15.7. The zero-order valence-electron chi connectivity index (χ0n) is 13.4. The first-order chi connectivity index (χ1) is 12.4. The number of halogens is 3. The van der Waals surface area contributed by atoms with Gasteiger partial charge in [0.15, 0.2) is 0 Å². The third kappa shape index (κ3) is 5.31. The van der Waals surface area contributed by atoms with Gasteiger partial charge in [0.2, 0.25) is 0 Å². The van der Waals surface area contributed by atoms with Crippen LogP contribution in [0.4, 0.5) is 0 Å². The molecule has 26 heavy (non-hydrogen) atoms. The molecule has 134 valence electrons. The molecule has 0 fully saturated rings. The van der Waals surface area contributed by atoms with Gasteiger partial charge in [-0.1, -0.05) is 39.9 Å². The number of carbonyl (C=O) groups excluding carboxylic acids is 1. The van der Waals surface area contributed by atoms with E-state index in [9.17, 15) is 4.79 Å². The Hall–Kier alpha value is -2.37. The maximum absolute atomic E-state index is 11.9. The standard InChI is InChI=1S/C17H12Cl3N3O3/c1-2-25-17(24)14(22-23-21)7-10-3-4-11(18)8-15(10)26-16-9-12(19)5-6-13(16)20/h3-9H,2H2,1H3. The fourth-order valence-corrected chi connectivity index (χ4v) is 2.40. The van der Waals surface area contributed by atoms with Crippen molar-refractivity contribution in [1.82, 2.24) is 0 Å². The van der Waals surface area contributed by atoms with E-state index in [0.717, 1.165) is 0 Å². The molecule has 0 saturated carbocycles. The molecule has 0 unspecified atom stereocenters. The summed E-state index contributed by atoms with van der Waals surface area (Å²) >= 11 is 18.1. The molecule has 0 aliphatic carbocycles. The minimum absolute atomic E-state index is 0.138. The molecule has 0 spiro atoms. The molecule has 0 radical (unpaired) electrons. The van der Waals surface area contributed by atoms with Gasteiger partial charge in [-0.2, -0.15) is 0 Å². The van der Waals surface area contributed by atoms with Crippen LogP contribution < -0.4 is 4.74 Å². The summed E-state index contributed by atoms with van der Waals surface area (Å²) in [6.07, 6.45) is 1.34. The molecule has 0 amide bonds. The highest BCUT2D eigenvalue weighted by atomic mass is 35.5. The molecule has 2 aromatic carbocycles. The van der Waals surface area contributed by atoms with Crippen LogP contribution in [0, 0.1) is 0 Å². The summed E-state index contributed by atoms with van der Waals surface area (Å²) in [7, 11) is 0. The lowest BCUT2D eigenvalue weighted by Crippen LogP contribution is -2.05. The van der Waals surface area contributed by atoms with Gasteiger partial charge in [0.25, 0.3) is 0 Å². The van der Waals surface area contributed by atoms with Gasteiger partial charge >= 0.3 is 5.97 Å². The Bertz CT molecular complexity index is 909. The second kappa shape index (κ2) is 9.36. The molecule has 2 aromatic rings. The minimum atomic E-state index is -0.757. The summed E-state index contributed by atoms with van der Waals surface area (Å²) in [6, 6.07) is 9.47. The van der Waals surface area contributed by atoms with Gasteiger partial charge in [-0.25, -0.2) is 4.79 Å². The fraction of sp³-hybridized carbons (Fsp3) is 0.118. The minimum Gasteiger partial charge on any atom is -0.462 e. The summed E-state index contributed by atoms with van der Waals surface area (Å²) in [4.78, 5) is 14.6. The Balaban J connectivity index is 2.49. The van der Waals surface area contributed by atoms with Crippen LogP contribution in [-0.4, -0.2) is 12.6 Å². The predicted molar refractivity (Wildman–Crippen MR) is 102 cm³/mol. The third-order valence-electron chi connectivity index (χ3n) is 3.02. The lowest BCUT2D eigenvalue weighted by Gasteiger charge is -2.12. The first kappa shape index (κ1) is 19.9. The quantitative estimate of drug-likeness (QED) is 0.175. The van der Waals surface area contributed by atoms with Crippen molar-refractivity contribution >= 4 is 46.8 Å². The van der Waals surface area contributed by atoms with Crippen LogP contribution in [-0.2, 0) is 9.53 Å². The summed E-state index contributed by atoms with van der Waals surface area (Å²) in [5, 5.41) is 4.54. The summed E-state index contributed by atoms with van der Waals surface area (Å²) in [5.41, 5.74) is 8.88. The van der Waals surface area contributed by atoms with Gasteiger partial charge in [0, 0.05) is 32.7 Å². The monoisotopic (exact) mass is 411 g/mol. The Morgan fingerprint density at radius 3 is 2.46 bits per heavy atom. The van der Waals surface area contributed by atoms with E-state index < -0.39 is 5.97 Å². The topological polar surface area (TPSA) is 84.3 Å². The van der Waals surface area contributed by atoms with E-state index in [2.05, 4.69) is 10.0 Å². The molecule has 0 aliphatic heterocycles. The zero-order chi connectivity index (χ0) is 19.1. The largest absolute Gasteiger partial charge is 0.462 e. The van der Waals surface area contributed by atoms with Gasteiger partial charge in [0.05, 0.1) is 11.6 Å². The molecule has 0 aromatic heterocycles. The SMILES string of the molecule is CCOC(=O)C(=Cc1ccc(Cl)cc1Oc1cc(Cl)ccc1Cl)N=[N+]=[N-]. The Morgan fingerprint density at radius 1 is 1.15 bits per heavy atom. The second-order valence-corrected chi connectivity index (χ2v) is 6.08. The normalized spacial score (nSPS) is 10.8. The molecule has 0 bridgehead atoms. The van der Waals surface area contributed by atoms with Crippen molar-refractivity contribution in [2.45, 2.75) is 6.92 Å². The number of hydrogen-bond donors (Lipinski definition) is 0. The van der Waals surface area contributed by atoms with Crippen LogP contribution in [0.3, 0.4) is 0 Å². The van der Waals surface area contributed by atoms with Gasteiger partial charge in [-0.05, 0) is 42.8 Å². The Kier molecular flexibility index (Phi) is 7.18. The van der Waals surface area contributed by atoms with Gasteiger partial charge in [-0.3, -0.25) is 0 Å². The van der Waals surface area contributed by atoms with Crippen molar-refractivity contribution in [3.8, 4) is 11.5 Å². The molecule has 2 rings (SSSR count). The number of carbonyl (C=O) groups is 1. The van der Waals surface area contributed by atoms with Crippen LogP contribution in [0.2, 0.25) is 15.1 Å². The van der Waals surface area contributed by atoms with Crippen LogP contribution in [0.5, 0.6) is 11.5 Å². The molecule has 6 nitrogen and oxygen atoms in total. The van der Waals surface area contributed by atoms with E-state index in [1.165, 1.54) is 18.2 Å². The lowest BCUT2D eigenvalue weighted by atomic mass is 10.1. The first-order valence-corrected chi connectivity index (χ1v) is 8.44.